The molecule has 13 heavy (non-hydrogen) atoms. The molecule has 0 rings (SSSR count). The molecule has 0 aliphatic heterocycles. The van der Waals surface area contributed by atoms with Crippen LogP contribution in [0.2, 0.25) is 0 Å². The van der Waals surface area contributed by atoms with Gasteiger partial charge in [-0.25, -0.2) is 0 Å². The fourth-order valence-corrected chi connectivity index (χ4v) is 1.39. The van der Waals surface area contributed by atoms with Crippen LogP contribution in [0.25, 0.3) is 0 Å². The second-order valence-electron chi connectivity index (χ2n) is 5.21. The van der Waals surface area contributed by atoms with E-state index in [-0.39, 0.29) is 5.54 Å². The van der Waals surface area contributed by atoms with E-state index in [0.29, 0.717) is 0 Å². The monoisotopic (exact) mass is 185 g/mol. The zero-order chi connectivity index (χ0) is 10.3. The molecule has 0 heterocycles. The molecule has 1 unspecified atom stereocenters. The van der Waals surface area contributed by atoms with Crippen LogP contribution in [0.4, 0.5) is 0 Å². The number of hydrogen-bond acceptors (Lipinski definition) is 1. The largest absolute Gasteiger partial charge is 0.312 e. The van der Waals surface area contributed by atoms with E-state index in [9.17, 15) is 0 Å². The Kier molecular flexibility index (Phi) is 6.40. The molecule has 0 aromatic rings. The molecule has 1 nitrogen and oxygen atoms in total. The first kappa shape index (κ1) is 13.0. The minimum Gasteiger partial charge on any atom is -0.312 e. The molecule has 0 aliphatic rings. The van der Waals surface area contributed by atoms with Gasteiger partial charge in [-0.3, -0.25) is 0 Å². The van der Waals surface area contributed by atoms with E-state index < -0.39 is 0 Å². The molecule has 0 aliphatic carbocycles. The van der Waals surface area contributed by atoms with Crippen molar-refractivity contribution in [3.63, 3.8) is 0 Å². The van der Waals surface area contributed by atoms with Crippen LogP contribution in [0.15, 0.2) is 0 Å². The minimum absolute atomic E-state index is 0.282. The van der Waals surface area contributed by atoms with E-state index in [1.807, 2.05) is 0 Å². The molecule has 0 spiro atoms. The van der Waals surface area contributed by atoms with Crippen molar-refractivity contribution in [3.05, 3.63) is 0 Å². The van der Waals surface area contributed by atoms with Crippen molar-refractivity contribution < 1.29 is 0 Å². The molecule has 0 amide bonds. The van der Waals surface area contributed by atoms with Gasteiger partial charge in [-0.2, -0.15) is 0 Å². The third kappa shape index (κ3) is 9.88. The van der Waals surface area contributed by atoms with Gasteiger partial charge in [0.25, 0.3) is 0 Å². The lowest BCUT2D eigenvalue weighted by molar-refractivity contribution is 0.382. The minimum atomic E-state index is 0.282. The molecule has 0 saturated heterocycles. The van der Waals surface area contributed by atoms with Gasteiger partial charge in [-0.1, -0.05) is 33.1 Å². The predicted molar refractivity (Wildman–Crippen MR) is 61.1 cm³/mol. The van der Waals surface area contributed by atoms with E-state index in [1.165, 1.54) is 25.7 Å². The molecule has 1 N–H and O–H groups in total. The van der Waals surface area contributed by atoms with Crippen LogP contribution in [-0.4, -0.2) is 12.1 Å². The maximum atomic E-state index is 3.53. The van der Waals surface area contributed by atoms with Crippen molar-refractivity contribution in [2.45, 2.75) is 65.8 Å². The van der Waals surface area contributed by atoms with Crippen molar-refractivity contribution in [2.24, 2.45) is 5.92 Å². The van der Waals surface area contributed by atoms with Gasteiger partial charge in [0.1, 0.15) is 0 Å². The molecule has 1 atom stereocenters. The quantitative estimate of drug-likeness (QED) is 0.667. The van der Waals surface area contributed by atoms with Gasteiger partial charge in [0.05, 0.1) is 0 Å². The van der Waals surface area contributed by atoms with Crippen LogP contribution in [-0.2, 0) is 0 Å². The van der Waals surface area contributed by atoms with Crippen LogP contribution >= 0.6 is 0 Å². The Balaban J connectivity index is 3.31. The Hall–Kier alpha value is -0.0400. The zero-order valence-corrected chi connectivity index (χ0v) is 10.1. The average Bonchev–Trinajstić information content (AvgIpc) is 1.98. The molecule has 0 bridgehead atoms. The molecule has 0 saturated carbocycles. The second kappa shape index (κ2) is 6.42. The van der Waals surface area contributed by atoms with E-state index in [1.54, 1.807) is 0 Å². The summed E-state index contributed by atoms with van der Waals surface area (Å²) >= 11 is 0. The number of hydrogen-bond donors (Lipinski definition) is 1. The summed E-state index contributed by atoms with van der Waals surface area (Å²) < 4.78 is 0. The Bertz CT molecular complexity index is 113. The summed E-state index contributed by atoms with van der Waals surface area (Å²) in [6, 6.07) is 0. The fraction of sp³-hybridized carbons (Fsp3) is 1.00. The van der Waals surface area contributed by atoms with Crippen molar-refractivity contribution in [1.82, 2.24) is 5.32 Å². The van der Waals surface area contributed by atoms with Crippen molar-refractivity contribution in [2.75, 3.05) is 6.54 Å². The Morgan fingerprint density at radius 2 is 1.77 bits per heavy atom. The highest BCUT2D eigenvalue weighted by molar-refractivity contribution is 4.70. The summed E-state index contributed by atoms with van der Waals surface area (Å²) in [7, 11) is 0. The molecular formula is C12H27N. The summed E-state index contributed by atoms with van der Waals surface area (Å²) in [6.07, 6.45) is 5.42. The second-order valence-corrected chi connectivity index (χ2v) is 5.21. The third-order valence-corrected chi connectivity index (χ3v) is 2.34. The highest BCUT2D eigenvalue weighted by atomic mass is 14.9. The normalized spacial score (nSPS) is 14.5. The topological polar surface area (TPSA) is 12.0 Å². The van der Waals surface area contributed by atoms with Gasteiger partial charge >= 0.3 is 0 Å². The van der Waals surface area contributed by atoms with Gasteiger partial charge < -0.3 is 5.32 Å². The van der Waals surface area contributed by atoms with E-state index >= 15 is 0 Å². The maximum Gasteiger partial charge on any atom is 0.00965 e. The Morgan fingerprint density at radius 3 is 2.23 bits per heavy atom. The number of unbranched alkanes of at least 4 members (excludes halogenated alkanes) is 1. The van der Waals surface area contributed by atoms with Gasteiger partial charge in [0.2, 0.25) is 0 Å². The molecule has 1 heteroatoms. The SMILES string of the molecule is CCCCC(C)CCNC(C)(C)C. The fourth-order valence-electron chi connectivity index (χ4n) is 1.39. The lowest BCUT2D eigenvalue weighted by Crippen LogP contribution is -2.36. The van der Waals surface area contributed by atoms with Crippen LogP contribution in [0.5, 0.6) is 0 Å². The highest BCUT2D eigenvalue weighted by Gasteiger charge is 2.08. The third-order valence-electron chi connectivity index (χ3n) is 2.34. The predicted octanol–water partition coefficient (Wildman–Crippen LogP) is 3.59. The summed E-state index contributed by atoms with van der Waals surface area (Å²) in [6.45, 7) is 12.5. The maximum absolute atomic E-state index is 3.53. The number of rotatable bonds is 6. The zero-order valence-electron chi connectivity index (χ0n) is 10.1. The molecule has 0 radical (unpaired) electrons. The summed E-state index contributed by atoms with van der Waals surface area (Å²) in [5, 5.41) is 3.53. The van der Waals surface area contributed by atoms with Crippen molar-refractivity contribution >= 4 is 0 Å². The molecule has 0 aromatic carbocycles. The highest BCUT2D eigenvalue weighted by Crippen LogP contribution is 2.11. The van der Waals surface area contributed by atoms with Gasteiger partial charge in [0, 0.05) is 5.54 Å². The Labute approximate surface area is 84.3 Å². The average molecular weight is 185 g/mol. The summed E-state index contributed by atoms with van der Waals surface area (Å²) in [5.74, 6) is 0.884. The molecule has 0 fully saturated rings. The van der Waals surface area contributed by atoms with E-state index in [0.717, 1.165) is 12.5 Å². The summed E-state index contributed by atoms with van der Waals surface area (Å²) in [4.78, 5) is 0. The smallest absolute Gasteiger partial charge is 0.00965 e. The van der Waals surface area contributed by atoms with E-state index in [2.05, 4.69) is 39.9 Å². The van der Waals surface area contributed by atoms with Crippen LogP contribution < -0.4 is 5.32 Å². The molecule has 0 aromatic heterocycles. The van der Waals surface area contributed by atoms with Crippen molar-refractivity contribution in [1.29, 1.82) is 0 Å². The van der Waals surface area contributed by atoms with Crippen LogP contribution in [0, 0.1) is 5.92 Å². The van der Waals surface area contributed by atoms with Crippen molar-refractivity contribution in [3.8, 4) is 0 Å². The van der Waals surface area contributed by atoms with Crippen LogP contribution in [0.3, 0.4) is 0 Å². The lowest BCUT2D eigenvalue weighted by Gasteiger charge is -2.21. The van der Waals surface area contributed by atoms with Crippen LogP contribution in [0.1, 0.15) is 60.3 Å². The molecule has 80 valence electrons. The Morgan fingerprint density at radius 1 is 1.15 bits per heavy atom. The first-order valence-electron chi connectivity index (χ1n) is 5.70. The van der Waals surface area contributed by atoms with Gasteiger partial charge in [0.15, 0.2) is 0 Å². The number of nitrogens with one attached hydrogen (secondary N) is 1. The standard InChI is InChI=1S/C12H27N/c1-6-7-8-11(2)9-10-13-12(3,4)5/h11,13H,6-10H2,1-5H3. The summed E-state index contributed by atoms with van der Waals surface area (Å²) in [5.41, 5.74) is 0.282. The first-order chi connectivity index (χ1) is 5.95. The first-order valence-corrected chi connectivity index (χ1v) is 5.70. The van der Waals surface area contributed by atoms with Gasteiger partial charge in [-0.05, 0) is 39.7 Å². The molecular weight excluding hydrogens is 158 g/mol. The van der Waals surface area contributed by atoms with E-state index in [4.69, 9.17) is 0 Å². The lowest BCUT2D eigenvalue weighted by atomic mass is 10.00. The van der Waals surface area contributed by atoms with Gasteiger partial charge in [-0.15, -0.1) is 0 Å².